The third-order valence-corrected chi connectivity index (χ3v) is 6.58. The van der Waals surface area contributed by atoms with Crippen LogP contribution in [0, 0.1) is 0 Å². The molecule has 2 aromatic rings. The number of nitrogens with zero attached hydrogens (tertiary/aromatic N) is 2. The number of benzene rings is 2. The number of rotatable bonds is 11. The molecule has 36 heavy (non-hydrogen) atoms. The summed E-state index contributed by atoms with van der Waals surface area (Å²) >= 11 is 12.0. The molecule has 0 saturated carbocycles. The van der Waals surface area contributed by atoms with Crippen LogP contribution in [0.25, 0.3) is 0 Å². The van der Waals surface area contributed by atoms with Crippen LogP contribution >= 0.6 is 23.2 Å². The van der Waals surface area contributed by atoms with Crippen molar-refractivity contribution in [3.8, 4) is 0 Å². The van der Waals surface area contributed by atoms with Crippen LogP contribution in [0.3, 0.4) is 0 Å². The van der Waals surface area contributed by atoms with Crippen LogP contribution in [0.5, 0.6) is 0 Å². The number of oxime groups is 1. The number of urea groups is 1. The predicted octanol–water partition coefficient (Wildman–Crippen LogP) is 4.69. The van der Waals surface area contributed by atoms with Crippen LogP contribution in [0.1, 0.15) is 49.8 Å². The third-order valence-electron chi connectivity index (χ3n) is 5.84. The van der Waals surface area contributed by atoms with Gasteiger partial charge in [0.25, 0.3) is 0 Å². The van der Waals surface area contributed by atoms with Crippen LogP contribution < -0.4 is 10.6 Å². The number of unbranched alkanes of at least 4 members (excludes halogenated alkanes) is 2. The number of aliphatic hydroxyl groups excluding tert-OH is 1. The Morgan fingerprint density at radius 1 is 1.14 bits per heavy atom. The van der Waals surface area contributed by atoms with Crippen LogP contribution in [0.2, 0.25) is 10.0 Å². The van der Waals surface area contributed by atoms with Crippen molar-refractivity contribution in [1.29, 1.82) is 0 Å². The smallest absolute Gasteiger partial charge is 0.318 e. The van der Waals surface area contributed by atoms with Gasteiger partial charge in [-0.15, -0.1) is 0 Å². The number of amides is 3. The summed E-state index contributed by atoms with van der Waals surface area (Å²) in [5.41, 5.74) is 2.07. The summed E-state index contributed by atoms with van der Waals surface area (Å²) in [4.78, 5) is 32.8. The van der Waals surface area contributed by atoms with Crippen LogP contribution in [-0.4, -0.2) is 53.3 Å². The number of halogens is 2. The Bertz CT molecular complexity index is 1050. The van der Waals surface area contributed by atoms with E-state index in [1.165, 1.54) is 4.90 Å². The molecule has 10 heteroatoms. The molecule has 0 radical (unpaired) electrons. The van der Waals surface area contributed by atoms with Gasteiger partial charge in [0.1, 0.15) is 12.6 Å². The van der Waals surface area contributed by atoms with Crippen molar-refractivity contribution in [2.24, 2.45) is 5.16 Å². The Labute approximate surface area is 221 Å². The second kappa shape index (κ2) is 14.1. The van der Waals surface area contributed by atoms with E-state index in [1.54, 1.807) is 30.3 Å². The molecular weight excluding hydrogens is 503 g/mol. The third kappa shape index (κ3) is 8.11. The maximum absolute atomic E-state index is 13.0. The monoisotopic (exact) mass is 534 g/mol. The summed E-state index contributed by atoms with van der Waals surface area (Å²) in [6, 6.07) is 13.2. The van der Waals surface area contributed by atoms with Crippen LogP contribution in [0.15, 0.2) is 53.7 Å². The Balaban J connectivity index is 1.62. The van der Waals surface area contributed by atoms with Crippen molar-refractivity contribution in [3.63, 3.8) is 0 Å². The summed E-state index contributed by atoms with van der Waals surface area (Å²) < 4.78 is 0. The van der Waals surface area contributed by atoms with Crippen LogP contribution in [-0.2, 0) is 16.2 Å². The number of carbonyl (C=O) groups excluding carboxylic acids is 2. The molecule has 1 aliphatic heterocycles. The predicted molar refractivity (Wildman–Crippen MR) is 141 cm³/mol. The SMILES string of the molecule is CCCCCNC(=O)N1C/C(=N/OCc2ccc(Cl)c(Cl)c2)CC1C(=O)NCC(O)c1ccccc1. The summed E-state index contributed by atoms with van der Waals surface area (Å²) in [7, 11) is 0. The van der Waals surface area contributed by atoms with Crippen LogP contribution in [0.4, 0.5) is 4.79 Å². The maximum Gasteiger partial charge on any atom is 0.318 e. The molecule has 194 valence electrons. The Kier molecular flexibility index (Phi) is 10.8. The van der Waals surface area contributed by atoms with Gasteiger partial charge in [-0.2, -0.15) is 0 Å². The molecule has 1 saturated heterocycles. The zero-order valence-corrected chi connectivity index (χ0v) is 21.8. The van der Waals surface area contributed by atoms with Gasteiger partial charge in [-0.05, 0) is 29.7 Å². The minimum absolute atomic E-state index is 0.0333. The lowest BCUT2D eigenvalue weighted by molar-refractivity contribution is -0.125. The first kappa shape index (κ1) is 27.8. The highest BCUT2D eigenvalue weighted by Crippen LogP contribution is 2.23. The molecule has 1 heterocycles. The zero-order chi connectivity index (χ0) is 25.9. The molecule has 3 N–H and O–H groups in total. The van der Waals surface area contributed by atoms with Crippen molar-refractivity contribution in [1.82, 2.24) is 15.5 Å². The average molecular weight is 535 g/mol. The molecule has 1 fully saturated rings. The Morgan fingerprint density at radius 2 is 1.92 bits per heavy atom. The van der Waals surface area contributed by atoms with Gasteiger partial charge >= 0.3 is 6.03 Å². The molecule has 0 aromatic heterocycles. The van der Waals surface area contributed by atoms with Crippen molar-refractivity contribution in [3.05, 3.63) is 69.7 Å². The van der Waals surface area contributed by atoms with Crippen molar-refractivity contribution in [2.75, 3.05) is 19.6 Å². The van der Waals surface area contributed by atoms with Crippen molar-refractivity contribution >= 4 is 40.9 Å². The van der Waals surface area contributed by atoms with Gasteiger partial charge in [0.15, 0.2) is 0 Å². The highest BCUT2D eigenvalue weighted by Gasteiger charge is 2.38. The molecule has 1 aliphatic rings. The fourth-order valence-electron chi connectivity index (χ4n) is 3.83. The number of carbonyl (C=O) groups is 2. The first-order chi connectivity index (χ1) is 17.4. The number of hydrogen-bond donors (Lipinski definition) is 3. The van der Waals surface area contributed by atoms with E-state index in [1.807, 2.05) is 18.2 Å². The molecule has 0 aliphatic carbocycles. The van der Waals surface area contributed by atoms with E-state index in [0.717, 1.165) is 24.8 Å². The molecule has 0 spiro atoms. The highest BCUT2D eigenvalue weighted by molar-refractivity contribution is 6.42. The topological polar surface area (TPSA) is 103 Å². The summed E-state index contributed by atoms with van der Waals surface area (Å²) in [6.07, 6.45) is 2.30. The van der Waals surface area contributed by atoms with E-state index >= 15 is 0 Å². The van der Waals surface area contributed by atoms with Crippen molar-refractivity contribution in [2.45, 2.75) is 51.4 Å². The van der Waals surface area contributed by atoms with Gasteiger partial charge in [-0.1, -0.05) is 84.5 Å². The summed E-state index contributed by atoms with van der Waals surface area (Å²) in [6.45, 7) is 2.99. The fourth-order valence-corrected chi connectivity index (χ4v) is 4.15. The normalized spacial score (nSPS) is 17.2. The van der Waals surface area contributed by atoms with Gasteiger partial charge in [0.2, 0.25) is 5.91 Å². The van der Waals surface area contributed by atoms with E-state index in [2.05, 4.69) is 22.7 Å². The zero-order valence-electron chi connectivity index (χ0n) is 20.3. The first-order valence-corrected chi connectivity index (χ1v) is 12.8. The van der Waals surface area contributed by atoms with Gasteiger partial charge < -0.3 is 25.5 Å². The number of hydrogen-bond acceptors (Lipinski definition) is 5. The quantitative estimate of drug-likeness (QED) is 0.287. The first-order valence-electron chi connectivity index (χ1n) is 12.1. The number of aliphatic hydroxyl groups is 1. The second-order valence-electron chi connectivity index (χ2n) is 8.64. The van der Waals surface area contributed by atoms with E-state index in [9.17, 15) is 14.7 Å². The number of likely N-dealkylation sites (tertiary alicyclic amines) is 1. The Morgan fingerprint density at radius 3 is 2.64 bits per heavy atom. The molecule has 3 amide bonds. The van der Waals surface area contributed by atoms with Gasteiger partial charge in [-0.25, -0.2) is 4.79 Å². The molecule has 3 rings (SSSR count). The largest absolute Gasteiger partial charge is 0.391 e. The Hall–Kier alpha value is -2.81. The lowest BCUT2D eigenvalue weighted by Gasteiger charge is -2.24. The highest BCUT2D eigenvalue weighted by atomic mass is 35.5. The van der Waals surface area contributed by atoms with Gasteiger partial charge in [0, 0.05) is 19.5 Å². The van der Waals surface area contributed by atoms with Crippen molar-refractivity contribution < 1.29 is 19.5 Å². The van der Waals surface area contributed by atoms with E-state index < -0.39 is 12.1 Å². The van der Waals surface area contributed by atoms with E-state index in [0.29, 0.717) is 27.9 Å². The van der Waals surface area contributed by atoms with E-state index in [-0.39, 0.29) is 38.1 Å². The average Bonchev–Trinajstić information content (AvgIpc) is 3.32. The molecule has 2 unspecified atom stereocenters. The van der Waals surface area contributed by atoms with E-state index in [4.69, 9.17) is 28.0 Å². The standard InChI is InChI=1S/C26H32Cl2N4O4/c1-2-3-7-12-29-26(35)32-16-20(31-36-17-18-10-11-21(27)22(28)13-18)14-23(32)25(34)30-15-24(33)19-8-5-4-6-9-19/h4-6,8-11,13,23-24,33H,2-3,7,12,14-17H2,1H3,(H,29,35)(H,30,34)/b31-20+. The maximum atomic E-state index is 13.0. The molecular formula is C26H32Cl2N4O4. The molecule has 2 aromatic carbocycles. The number of nitrogens with one attached hydrogen (secondary N) is 2. The second-order valence-corrected chi connectivity index (χ2v) is 9.45. The fraction of sp³-hybridized carbons (Fsp3) is 0.423. The summed E-state index contributed by atoms with van der Waals surface area (Å²) in [5.74, 6) is -0.358. The molecule has 0 bridgehead atoms. The molecule has 2 atom stereocenters. The minimum atomic E-state index is -0.851. The van der Waals surface area contributed by atoms with Gasteiger partial charge in [-0.3, -0.25) is 4.79 Å². The lowest BCUT2D eigenvalue weighted by atomic mass is 10.1. The van der Waals surface area contributed by atoms with Gasteiger partial charge in [0.05, 0.1) is 28.4 Å². The molecule has 8 nitrogen and oxygen atoms in total. The lowest BCUT2D eigenvalue weighted by Crippen LogP contribution is -2.50. The summed E-state index contributed by atoms with van der Waals surface area (Å²) in [5, 5.41) is 21.1. The minimum Gasteiger partial charge on any atom is -0.391 e.